The maximum absolute atomic E-state index is 10.6. The molecule has 0 bridgehead atoms. The van der Waals surface area contributed by atoms with Gasteiger partial charge in [0, 0.05) is 10.6 Å². The molecular formula is C10H9ClO2. The lowest BCUT2D eigenvalue weighted by Gasteiger charge is -1.98. The van der Waals surface area contributed by atoms with E-state index in [1.165, 1.54) is 6.26 Å². The Hall–Kier alpha value is -1.28. The molecule has 0 aliphatic heterocycles. The first kappa shape index (κ1) is 9.81. The highest BCUT2D eigenvalue weighted by molar-refractivity contribution is 6.30. The van der Waals surface area contributed by atoms with Crippen molar-refractivity contribution in [3.63, 3.8) is 0 Å². The van der Waals surface area contributed by atoms with Crippen molar-refractivity contribution in [2.75, 3.05) is 7.11 Å². The Morgan fingerprint density at radius 3 is 2.77 bits per heavy atom. The summed E-state index contributed by atoms with van der Waals surface area (Å²) >= 11 is 5.72. The smallest absolute Gasteiger partial charge is 0.150 e. The van der Waals surface area contributed by atoms with Gasteiger partial charge in [0.25, 0.3) is 0 Å². The third-order valence-electron chi connectivity index (χ3n) is 1.56. The van der Waals surface area contributed by atoms with Crippen LogP contribution >= 0.6 is 11.6 Å². The van der Waals surface area contributed by atoms with Crippen LogP contribution in [0.4, 0.5) is 0 Å². The molecule has 1 rings (SSSR count). The van der Waals surface area contributed by atoms with E-state index in [2.05, 4.69) is 0 Å². The second-order valence-corrected chi connectivity index (χ2v) is 2.87. The minimum Gasteiger partial charge on any atom is -0.504 e. The van der Waals surface area contributed by atoms with Gasteiger partial charge >= 0.3 is 0 Å². The third-order valence-corrected chi connectivity index (χ3v) is 1.79. The predicted molar refractivity (Wildman–Crippen MR) is 52.9 cm³/mol. The van der Waals surface area contributed by atoms with E-state index in [-0.39, 0.29) is 0 Å². The van der Waals surface area contributed by atoms with E-state index in [1.54, 1.807) is 31.4 Å². The van der Waals surface area contributed by atoms with Gasteiger partial charge in [-0.3, -0.25) is 4.79 Å². The lowest BCUT2D eigenvalue weighted by Crippen LogP contribution is -1.85. The Labute approximate surface area is 81.8 Å². The molecule has 0 saturated heterocycles. The standard InChI is InChI=1S/C10H9ClO2/c1-13-5-4-8-2-3-10(11)6-9(8)7-12/h2-7H,1H3. The van der Waals surface area contributed by atoms with Crippen LogP contribution in [0.3, 0.4) is 0 Å². The van der Waals surface area contributed by atoms with Crippen LogP contribution < -0.4 is 0 Å². The average molecular weight is 197 g/mol. The van der Waals surface area contributed by atoms with Gasteiger partial charge in [0.1, 0.15) is 0 Å². The fraction of sp³-hybridized carbons (Fsp3) is 0.100. The second-order valence-electron chi connectivity index (χ2n) is 2.43. The molecule has 1 aromatic carbocycles. The highest BCUT2D eigenvalue weighted by atomic mass is 35.5. The topological polar surface area (TPSA) is 26.3 Å². The number of benzene rings is 1. The zero-order chi connectivity index (χ0) is 9.68. The molecule has 3 heteroatoms. The molecule has 0 saturated carbocycles. The molecule has 0 amide bonds. The minimum atomic E-state index is 0.552. The number of hydrogen-bond acceptors (Lipinski definition) is 2. The summed E-state index contributed by atoms with van der Waals surface area (Å²) in [5.41, 5.74) is 1.35. The molecule has 0 aromatic heterocycles. The van der Waals surface area contributed by atoms with E-state index in [0.717, 1.165) is 11.8 Å². The number of methoxy groups -OCH3 is 1. The summed E-state index contributed by atoms with van der Waals surface area (Å²) in [4.78, 5) is 10.6. The molecule has 1 aromatic rings. The molecule has 0 atom stereocenters. The van der Waals surface area contributed by atoms with Crippen molar-refractivity contribution >= 4 is 24.0 Å². The van der Waals surface area contributed by atoms with Crippen molar-refractivity contribution < 1.29 is 9.53 Å². The Bertz CT molecular complexity index is 332. The number of halogens is 1. The molecule has 0 aliphatic rings. The van der Waals surface area contributed by atoms with E-state index in [9.17, 15) is 4.79 Å². The largest absolute Gasteiger partial charge is 0.504 e. The Morgan fingerprint density at radius 1 is 1.38 bits per heavy atom. The number of carbonyl (C=O) groups excluding carboxylic acids is 1. The molecule has 0 heterocycles. The molecular weight excluding hydrogens is 188 g/mol. The predicted octanol–water partition coefficient (Wildman–Crippen LogP) is 2.77. The van der Waals surface area contributed by atoms with Crippen LogP contribution in [0.25, 0.3) is 6.08 Å². The summed E-state index contributed by atoms with van der Waals surface area (Å²) in [5.74, 6) is 0. The first-order valence-electron chi connectivity index (χ1n) is 3.72. The third kappa shape index (κ3) is 2.60. The summed E-state index contributed by atoms with van der Waals surface area (Å²) in [6.07, 6.45) is 3.98. The van der Waals surface area contributed by atoms with Gasteiger partial charge in [-0.25, -0.2) is 0 Å². The number of rotatable bonds is 3. The van der Waals surface area contributed by atoms with Crippen molar-refractivity contribution in [1.82, 2.24) is 0 Å². The van der Waals surface area contributed by atoms with Gasteiger partial charge in [0.15, 0.2) is 6.29 Å². The molecule has 0 N–H and O–H groups in total. The molecule has 0 radical (unpaired) electrons. The minimum absolute atomic E-state index is 0.552. The fourth-order valence-corrected chi connectivity index (χ4v) is 1.12. The van der Waals surface area contributed by atoms with E-state index in [1.807, 2.05) is 0 Å². The Morgan fingerprint density at radius 2 is 2.15 bits per heavy atom. The van der Waals surface area contributed by atoms with Gasteiger partial charge in [-0.2, -0.15) is 0 Å². The van der Waals surface area contributed by atoms with Crippen LogP contribution in [0.15, 0.2) is 24.5 Å². The van der Waals surface area contributed by atoms with E-state index < -0.39 is 0 Å². The van der Waals surface area contributed by atoms with Gasteiger partial charge in [-0.1, -0.05) is 17.7 Å². The van der Waals surface area contributed by atoms with E-state index in [0.29, 0.717) is 10.6 Å². The molecule has 0 unspecified atom stereocenters. The molecule has 0 spiro atoms. The summed E-state index contributed by atoms with van der Waals surface area (Å²) < 4.78 is 4.75. The second kappa shape index (κ2) is 4.67. The first-order chi connectivity index (χ1) is 6.27. The lowest BCUT2D eigenvalue weighted by molar-refractivity contribution is 0.112. The summed E-state index contributed by atoms with van der Waals surface area (Å²) in [7, 11) is 1.55. The lowest BCUT2D eigenvalue weighted by atomic mass is 10.1. The van der Waals surface area contributed by atoms with Crippen molar-refractivity contribution in [3.05, 3.63) is 40.6 Å². The maximum Gasteiger partial charge on any atom is 0.150 e. The highest BCUT2D eigenvalue weighted by Crippen LogP contribution is 2.15. The number of ether oxygens (including phenoxy) is 1. The summed E-state index contributed by atoms with van der Waals surface area (Å²) in [6.45, 7) is 0. The van der Waals surface area contributed by atoms with E-state index in [4.69, 9.17) is 16.3 Å². The van der Waals surface area contributed by atoms with Gasteiger partial charge < -0.3 is 4.74 Å². The quantitative estimate of drug-likeness (QED) is 0.549. The maximum atomic E-state index is 10.6. The molecule has 2 nitrogen and oxygen atoms in total. The van der Waals surface area contributed by atoms with Gasteiger partial charge in [-0.05, 0) is 23.8 Å². The zero-order valence-corrected chi connectivity index (χ0v) is 7.91. The molecule has 68 valence electrons. The first-order valence-corrected chi connectivity index (χ1v) is 4.10. The number of carbonyl (C=O) groups is 1. The van der Waals surface area contributed by atoms with Crippen LogP contribution in [-0.4, -0.2) is 13.4 Å². The summed E-state index contributed by atoms with van der Waals surface area (Å²) in [5, 5.41) is 0.552. The SMILES string of the molecule is COC=Cc1ccc(Cl)cc1C=O. The van der Waals surface area contributed by atoms with Gasteiger partial charge in [0.05, 0.1) is 13.4 Å². The normalized spacial score (nSPS) is 10.3. The fourth-order valence-electron chi connectivity index (χ4n) is 0.941. The monoisotopic (exact) mass is 196 g/mol. The van der Waals surface area contributed by atoms with Crippen LogP contribution in [0.5, 0.6) is 0 Å². The van der Waals surface area contributed by atoms with Crippen LogP contribution in [0.1, 0.15) is 15.9 Å². The molecule has 0 aliphatic carbocycles. The van der Waals surface area contributed by atoms with Crippen molar-refractivity contribution in [2.45, 2.75) is 0 Å². The van der Waals surface area contributed by atoms with Crippen LogP contribution in [0.2, 0.25) is 5.02 Å². The van der Waals surface area contributed by atoms with Crippen molar-refractivity contribution in [1.29, 1.82) is 0 Å². The number of hydrogen-bond donors (Lipinski definition) is 0. The van der Waals surface area contributed by atoms with Gasteiger partial charge in [0.2, 0.25) is 0 Å². The highest BCUT2D eigenvalue weighted by Gasteiger charge is 1.98. The average Bonchev–Trinajstić information content (AvgIpc) is 2.16. The van der Waals surface area contributed by atoms with Crippen LogP contribution in [-0.2, 0) is 4.74 Å². The van der Waals surface area contributed by atoms with Crippen molar-refractivity contribution in [3.8, 4) is 0 Å². The molecule has 13 heavy (non-hydrogen) atoms. The van der Waals surface area contributed by atoms with Crippen LogP contribution in [0, 0.1) is 0 Å². The zero-order valence-electron chi connectivity index (χ0n) is 7.16. The Kier molecular flexibility index (Phi) is 3.53. The van der Waals surface area contributed by atoms with Crippen molar-refractivity contribution in [2.24, 2.45) is 0 Å². The Balaban J connectivity index is 3.06. The van der Waals surface area contributed by atoms with Gasteiger partial charge in [-0.15, -0.1) is 0 Å². The molecule has 0 fully saturated rings. The van der Waals surface area contributed by atoms with E-state index >= 15 is 0 Å². The summed E-state index contributed by atoms with van der Waals surface area (Å²) in [6, 6.07) is 5.11. The number of aldehydes is 1.